The molecule has 2 nitrogen and oxygen atoms in total. The molecule has 0 radical (unpaired) electrons. The molecule has 0 heterocycles. The van der Waals surface area contributed by atoms with Gasteiger partial charge < -0.3 is 10.8 Å². The van der Waals surface area contributed by atoms with E-state index in [1.807, 2.05) is 36.4 Å². The maximum absolute atomic E-state index is 9.65. The summed E-state index contributed by atoms with van der Waals surface area (Å²) in [5, 5.41) is 9.65. The van der Waals surface area contributed by atoms with Gasteiger partial charge in [-0.2, -0.15) is 0 Å². The fourth-order valence-electron chi connectivity index (χ4n) is 1.80. The van der Waals surface area contributed by atoms with Crippen molar-refractivity contribution in [1.82, 2.24) is 0 Å². The van der Waals surface area contributed by atoms with Crippen molar-refractivity contribution >= 4 is 37.5 Å². The van der Waals surface area contributed by atoms with E-state index < -0.39 is 0 Å². The van der Waals surface area contributed by atoms with Crippen LogP contribution in [-0.4, -0.2) is 5.11 Å². The van der Waals surface area contributed by atoms with E-state index in [2.05, 4.69) is 31.9 Å². The predicted octanol–water partition coefficient (Wildman–Crippen LogP) is 4.28. The summed E-state index contributed by atoms with van der Waals surface area (Å²) in [5.41, 5.74) is 9.04. The van der Waals surface area contributed by atoms with Crippen LogP contribution in [0.3, 0.4) is 0 Å². The molecule has 0 unspecified atom stereocenters. The third kappa shape index (κ3) is 3.06. The fourth-order valence-corrected chi connectivity index (χ4v) is 3.08. The molecule has 0 amide bonds. The zero-order valence-corrected chi connectivity index (χ0v) is 12.8. The molecule has 2 rings (SSSR count). The Morgan fingerprint density at radius 3 is 2.22 bits per heavy atom. The highest BCUT2D eigenvalue weighted by molar-refractivity contribution is 9.11. The zero-order chi connectivity index (χ0) is 13.1. The van der Waals surface area contributed by atoms with Crippen molar-refractivity contribution < 1.29 is 5.11 Å². The van der Waals surface area contributed by atoms with Crippen LogP contribution in [0.4, 0.5) is 5.69 Å². The summed E-state index contributed by atoms with van der Waals surface area (Å²) in [6.45, 7) is 0. The average Bonchev–Trinajstić information content (AvgIpc) is 2.35. The second-order valence-electron chi connectivity index (χ2n) is 4.11. The number of benzene rings is 2. The number of aromatic hydroxyl groups is 1. The van der Waals surface area contributed by atoms with Gasteiger partial charge in [0.05, 0.1) is 8.95 Å². The SMILES string of the molecule is Nc1ccccc1CCc1cc(Br)c(O)c(Br)c1. The first-order valence-electron chi connectivity index (χ1n) is 5.58. The van der Waals surface area contributed by atoms with E-state index in [1.54, 1.807) is 0 Å². The minimum atomic E-state index is 0.234. The van der Waals surface area contributed by atoms with Crippen molar-refractivity contribution in [2.45, 2.75) is 12.8 Å². The average molecular weight is 371 g/mol. The Hall–Kier alpha value is -1.00. The van der Waals surface area contributed by atoms with Gasteiger partial charge in [-0.05, 0) is 74.0 Å². The molecule has 94 valence electrons. The van der Waals surface area contributed by atoms with Crippen molar-refractivity contribution in [3.8, 4) is 5.75 Å². The molecule has 0 atom stereocenters. The van der Waals surface area contributed by atoms with Crippen molar-refractivity contribution in [2.75, 3.05) is 5.73 Å². The summed E-state index contributed by atoms with van der Waals surface area (Å²) < 4.78 is 1.40. The first-order valence-corrected chi connectivity index (χ1v) is 7.17. The number of hydrogen-bond donors (Lipinski definition) is 2. The lowest BCUT2D eigenvalue weighted by Crippen LogP contribution is -1.97. The first-order chi connectivity index (χ1) is 8.58. The van der Waals surface area contributed by atoms with Crippen LogP contribution < -0.4 is 5.73 Å². The monoisotopic (exact) mass is 369 g/mol. The number of hydrogen-bond acceptors (Lipinski definition) is 2. The molecule has 0 aromatic heterocycles. The molecule has 18 heavy (non-hydrogen) atoms. The molecule has 0 saturated carbocycles. The normalized spacial score (nSPS) is 10.6. The maximum atomic E-state index is 9.65. The number of anilines is 1. The second kappa shape index (κ2) is 5.76. The molecule has 0 spiro atoms. The van der Waals surface area contributed by atoms with Gasteiger partial charge in [-0.1, -0.05) is 18.2 Å². The Kier molecular flexibility index (Phi) is 4.30. The Morgan fingerprint density at radius 1 is 1.00 bits per heavy atom. The van der Waals surface area contributed by atoms with E-state index in [9.17, 15) is 5.11 Å². The minimum absolute atomic E-state index is 0.234. The van der Waals surface area contributed by atoms with Gasteiger partial charge in [0.2, 0.25) is 0 Å². The van der Waals surface area contributed by atoms with E-state index in [-0.39, 0.29) is 5.75 Å². The summed E-state index contributed by atoms with van der Waals surface area (Å²) in [7, 11) is 0. The summed E-state index contributed by atoms with van der Waals surface area (Å²) >= 11 is 6.67. The summed E-state index contributed by atoms with van der Waals surface area (Å²) in [5.74, 6) is 0.234. The van der Waals surface area contributed by atoms with Crippen molar-refractivity contribution in [1.29, 1.82) is 0 Å². The van der Waals surface area contributed by atoms with E-state index in [4.69, 9.17) is 5.73 Å². The smallest absolute Gasteiger partial charge is 0.143 e. The third-order valence-corrected chi connectivity index (χ3v) is 4.02. The highest BCUT2D eigenvalue weighted by Crippen LogP contribution is 2.33. The fraction of sp³-hybridized carbons (Fsp3) is 0.143. The largest absolute Gasteiger partial charge is 0.506 e. The van der Waals surface area contributed by atoms with E-state index in [0.717, 1.165) is 29.7 Å². The molecule has 0 aliphatic carbocycles. The van der Waals surface area contributed by atoms with E-state index >= 15 is 0 Å². The van der Waals surface area contributed by atoms with Gasteiger partial charge in [-0.15, -0.1) is 0 Å². The molecule has 0 saturated heterocycles. The van der Waals surface area contributed by atoms with Crippen molar-refractivity contribution in [3.05, 3.63) is 56.5 Å². The molecule has 0 aliphatic rings. The first kappa shape index (κ1) is 13.4. The zero-order valence-electron chi connectivity index (χ0n) is 9.66. The summed E-state index contributed by atoms with van der Waals surface area (Å²) in [4.78, 5) is 0. The quantitative estimate of drug-likeness (QED) is 0.792. The Balaban J connectivity index is 2.14. The maximum Gasteiger partial charge on any atom is 0.143 e. The molecule has 4 heteroatoms. The molecule has 0 bridgehead atoms. The highest BCUT2D eigenvalue weighted by atomic mass is 79.9. The number of aryl methyl sites for hydroxylation is 2. The lowest BCUT2D eigenvalue weighted by molar-refractivity contribution is 0.468. The standard InChI is InChI=1S/C14H13Br2NO/c15-11-7-9(8-12(16)14(11)18)5-6-10-3-1-2-4-13(10)17/h1-4,7-8,18H,5-6,17H2. The van der Waals surface area contributed by atoms with Gasteiger partial charge in [0.15, 0.2) is 0 Å². The van der Waals surface area contributed by atoms with Crippen LogP contribution in [0.15, 0.2) is 45.3 Å². The number of rotatable bonds is 3. The van der Waals surface area contributed by atoms with Crippen LogP contribution in [0, 0.1) is 0 Å². The van der Waals surface area contributed by atoms with Gasteiger partial charge in [-0.3, -0.25) is 0 Å². The van der Waals surface area contributed by atoms with E-state index in [0.29, 0.717) is 8.95 Å². The number of phenols is 1. The molecule has 2 aromatic rings. The van der Waals surface area contributed by atoms with Gasteiger partial charge in [0.1, 0.15) is 5.75 Å². The molecule has 2 aromatic carbocycles. The van der Waals surface area contributed by atoms with Gasteiger partial charge in [0, 0.05) is 5.69 Å². The van der Waals surface area contributed by atoms with Crippen LogP contribution in [0.1, 0.15) is 11.1 Å². The summed E-state index contributed by atoms with van der Waals surface area (Å²) in [6, 6.07) is 11.7. The van der Waals surface area contributed by atoms with Crippen LogP contribution in [0.25, 0.3) is 0 Å². The third-order valence-electron chi connectivity index (χ3n) is 2.81. The topological polar surface area (TPSA) is 46.2 Å². The number of para-hydroxylation sites is 1. The molecular formula is C14H13Br2NO. The highest BCUT2D eigenvalue weighted by Gasteiger charge is 2.06. The number of nitrogens with two attached hydrogens (primary N) is 1. The van der Waals surface area contributed by atoms with Crippen LogP contribution in [0.5, 0.6) is 5.75 Å². The van der Waals surface area contributed by atoms with Gasteiger partial charge in [0.25, 0.3) is 0 Å². The van der Waals surface area contributed by atoms with Crippen LogP contribution in [0.2, 0.25) is 0 Å². The Morgan fingerprint density at radius 2 is 1.61 bits per heavy atom. The molecular weight excluding hydrogens is 358 g/mol. The molecule has 0 aliphatic heterocycles. The lowest BCUT2D eigenvalue weighted by atomic mass is 10.0. The minimum Gasteiger partial charge on any atom is -0.506 e. The lowest BCUT2D eigenvalue weighted by Gasteiger charge is -2.08. The number of phenolic OH excluding ortho intramolecular Hbond substituents is 1. The second-order valence-corrected chi connectivity index (χ2v) is 5.82. The molecule has 3 N–H and O–H groups in total. The van der Waals surface area contributed by atoms with Gasteiger partial charge in [-0.25, -0.2) is 0 Å². The number of nitrogen functional groups attached to an aromatic ring is 1. The Labute approximate surface area is 123 Å². The van der Waals surface area contributed by atoms with Gasteiger partial charge >= 0.3 is 0 Å². The van der Waals surface area contributed by atoms with E-state index in [1.165, 1.54) is 0 Å². The van der Waals surface area contributed by atoms with Crippen LogP contribution >= 0.6 is 31.9 Å². The van der Waals surface area contributed by atoms with Crippen molar-refractivity contribution in [3.63, 3.8) is 0 Å². The molecule has 0 fully saturated rings. The Bertz CT molecular complexity index is 546. The van der Waals surface area contributed by atoms with Crippen molar-refractivity contribution in [2.24, 2.45) is 0 Å². The number of halogens is 2. The summed E-state index contributed by atoms with van der Waals surface area (Å²) in [6.07, 6.45) is 1.77. The predicted molar refractivity (Wildman–Crippen MR) is 81.8 cm³/mol. The van der Waals surface area contributed by atoms with Crippen LogP contribution in [-0.2, 0) is 12.8 Å².